The molecule has 7 heteroatoms. The summed E-state index contributed by atoms with van der Waals surface area (Å²) in [5, 5.41) is 8.53. The monoisotopic (exact) mass is 435 g/mol. The molecule has 0 fully saturated rings. The van der Waals surface area contributed by atoms with E-state index in [1.807, 2.05) is 72.8 Å². The lowest BCUT2D eigenvalue weighted by atomic mass is 10.2. The minimum atomic E-state index is 0.403. The molecule has 6 nitrogen and oxygen atoms in total. The van der Waals surface area contributed by atoms with Gasteiger partial charge in [-0.25, -0.2) is 0 Å². The average Bonchev–Trinajstić information content (AvgIpc) is 2.82. The Kier molecular flexibility index (Phi) is 8.37. The Balaban J connectivity index is 1.58. The summed E-state index contributed by atoms with van der Waals surface area (Å²) in [6.45, 7) is 0.403. The maximum atomic E-state index is 5.93. The van der Waals surface area contributed by atoms with Crippen LogP contribution in [0.2, 0.25) is 0 Å². The Morgan fingerprint density at radius 3 is 2.48 bits per heavy atom. The number of nitrogens with two attached hydrogens (primary N) is 1. The van der Waals surface area contributed by atoms with Crippen LogP contribution in [0.15, 0.2) is 83.0 Å². The molecule has 3 aromatic carbocycles. The van der Waals surface area contributed by atoms with Gasteiger partial charge in [0.1, 0.15) is 12.4 Å². The first-order valence-corrected chi connectivity index (χ1v) is 10.6. The van der Waals surface area contributed by atoms with E-state index < -0.39 is 0 Å². The lowest BCUT2D eigenvalue weighted by Gasteiger charge is -2.11. The molecule has 0 bridgehead atoms. The van der Waals surface area contributed by atoms with E-state index in [9.17, 15) is 0 Å². The van der Waals surface area contributed by atoms with E-state index >= 15 is 0 Å². The fourth-order valence-corrected chi connectivity index (χ4v) is 3.33. The molecule has 0 aromatic heterocycles. The van der Waals surface area contributed by atoms with Gasteiger partial charge in [-0.15, -0.1) is 5.10 Å². The Morgan fingerprint density at radius 2 is 1.71 bits per heavy atom. The Bertz CT molecular complexity index is 1040. The van der Waals surface area contributed by atoms with Crippen molar-refractivity contribution >= 4 is 23.1 Å². The number of thioether (sulfide) groups is 1. The first-order valence-electron chi connectivity index (χ1n) is 9.65. The number of nitrogens with zero attached hydrogens (tertiary/aromatic N) is 2. The summed E-state index contributed by atoms with van der Waals surface area (Å²) >= 11 is 1.44. The number of benzene rings is 3. The number of rotatable bonds is 9. The number of hydrogen-bond acceptors (Lipinski definition) is 6. The van der Waals surface area contributed by atoms with Crippen LogP contribution in [0.1, 0.15) is 16.7 Å². The number of hydrogen-bond donors (Lipinski definition) is 1. The van der Waals surface area contributed by atoms with Crippen LogP contribution < -0.4 is 19.9 Å². The SMILES string of the molecule is COc1cccc(COc2ccc(C=NN=C(N)SCc3ccccc3)cc2OC)c1. The van der Waals surface area contributed by atoms with Crippen LogP contribution in [0.25, 0.3) is 0 Å². The minimum Gasteiger partial charge on any atom is -0.497 e. The predicted octanol–water partition coefficient (Wildman–Crippen LogP) is 4.86. The van der Waals surface area contributed by atoms with Gasteiger partial charge in [-0.1, -0.05) is 54.2 Å². The van der Waals surface area contributed by atoms with Crippen molar-refractivity contribution in [3.8, 4) is 17.2 Å². The first kappa shape index (κ1) is 22.2. The molecule has 160 valence electrons. The van der Waals surface area contributed by atoms with Crippen LogP contribution >= 0.6 is 11.8 Å². The fourth-order valence-electron chi connectivity index (χ4n) is 2.72. The van der Waals surface area contributed by atoms with Gasteiger partial charge in [-0.3, -0.25) is 0 Å². The molecular formula is C24H25N3O3S. The molecule has 3 aromatic rings. The molecule has 2 N–H and O–H groups in total. The summed E-state index contributed by atoms with van der Waals surface area (Å²) < 4.78 is 16.6. The van der Waals surface area contributed by atoms with Crippen molar-refractivity contribution < 1.29 is 14.2 Å². The summed E-state index contributed by atoms with van der Waals surface area (Å²) in [6.07, 6.45) is 1.63. The summed E-state index contributed by atoms with van der Waals surface area (Å²) in [6, 6.07) is 23.4. The zero-order valence-corrected chi connectivity index (χ0v) is 18.3. The molecule has 0 aliphatic heterocycles. The maximum Gasteiger partial charge on any atom is 0.180 e. The molecule has 3 rings (SSSR count). The van der Waals surface area contributed by atoms with Crippen molar-refractivity contribution in [3.05, 3.63) is 89.5 Å². The van der Waals surface area contributed by atoms with Crippen molar-refractivity contribution in [2.24, 2.45) is 15.9 Å². The highest BCUT2D eigenvalue weighted by molar-refractivity contribution is 8.13. The van der Waals surface area contributed by atoms with E-state index in [0.29, 0.717) is 23.3 Å². The van der Waals surface area contributed by atoms with Gasteiger partial charge in [0, 0.05) is 5.75 Å². The van der Waals surface area contributed by atoms with Gasteiger partial charge >= 0.3 is 0 Å². The molecule has 0 heterocycles. The largest absolute Gasteiger partial charge is 0.497 e. The maximum absolute atomic E-state index is 5.93. The smallest absolute Gasteiger partial charge is 0.180 e. The first-order chi connectivity index (χ1) is 15.2. The minimum absolute atomic E-state index is 0.403. The summed E-state index contributed by atoms with van der Waals surface area (Å²) in [7, 11) is 3.24. The molecule has 0 atom stereocenters. The van der Waals surface area contributed by atoms with Gasteiger partial charge in [-0.2, -0.15) is 5.10 Å². The molecule has 0 aliphatic carbocycles. The molecule has 0 amide bonds. The molecule has 0 unspecified atom stereocenters. The zero-order chi connectivity index (χ0) is 21.9. The van der Waals surface area contributed by atoms with E-state index in [1.165, 1.54) is 17.3 Å². The highest BCUT2D eigenvalue weighted by Gasteiger charge is 2.06. The zero-order valence-electron chi connectivity index (χ0n) is 17.5. The Hall–Kier alpha value is -3.45. The second-order valence-corrected chi connectivity index (χ2v) is 7.50. The fraction of sp³-hybridized carbons (Fsp3) is 0.167. The highest BCUT2D eigenvalue weighted by atomic mass is 32.2. The van der Waals surface area contributed by atoms with E-state index in [2.05, 4.69) is 10.2 Å². The molecule has 0 spiro atoms. The molecular weight excluding hydrogens is 410 g/mol. The van der Waals surface area contributed by atoms with E-state index in [1.54, 1.807) is 20.4 Å². The van der Waals surface area contributed by atoms with Crippen LogP contribution in [0.5, 0.6) is 17.2 Å². The van der Waals surface area contributed by atoms with Crippen molar-refractivity contribution in [3.63, 3.8) is 0 Å². The van der Waals surface area contributed by atoms with Gasteiger partial charge < -0.3 is 19.9 Å². The van der Waals surface area contributed by atoms with Gasteiger partial charge in [0.05, 0.1) is 20.4 Å². The molecule has 0 saturated heterocycles. The molecule has 0 radical (unpaired) electrons. The summed E-state index contributed by atoms with van der Waals surface area (Å²) in [5.74, 6) is 2.80. The number of ether oxygens (including phenoxy) is 3. The normalized spacial score (nSPS) is 11.5. The quantitative estimate of drug-likeness (QED) is 0.295. The summed E-state index contributed by atoms with van der Waals surface area (Å²) in [4.78, 5) is 0. The van der Waals surface area contributed by atoms with Crippen molar-refractivity contribution in [1.82, 2.24) is 0 Å². The van der Waals surface area contributed by atoms with Crippen LogP contribution in [0.3, 0.4) is 0 Å². The number of amidine groups is 1. The standard InChI is InChI=1S/C24H25N3O3S/c1-28-21-10-6-9-20(13-21)16-30-22-12-11-19(14-23(22)29-2)15-26-27-24(25)31-17-18-7-4-3-5-8-18/h3-15H,16-17H2,1-2H3,(H2,25,27). The topological polar surface area (TPSA) is 78.4 Å². The third-order valence-electron chi connectivity index (χ3n) is 4.31. The highest BCUT2D eigenvalue weighted by Crippen LogP contribution is 2.28. The second-order valence-electron chi connectivity index (χ2n) is 6.51. The molecule has 0 saturated carbocycles. The van der Waals surface area contributed by atoms with E-state index in [4.69, 9.17) is 19.9 Å². The van der Waals surface area contributed by atoms with Crippen molar-refractivity contribution in [1.29, 1.82) is 0 Å². The van der Waals surface area contributed by atoms with Gasteiger partial charge in [-0.05, 0) is 47.0 Å². The Morgan fingerprint density at radius 1 is 0.903 bits per heavy atom. The van der Waals surface area contributed by atoms with Gasteiger partial charge in [0.2, 0.25) is 0 Å². The van der Waals surface area contributed by atoms with Crippen LogP contribution in [0.4, 0.5) is 0 Å². The Labute approximate surface area is 186 Å². The second kappa shape index (κ2) is 11.7. The average molecular weight is 436 g/mol. The van der Waals surface area contributed by atoms with Gasteiger partial charge in [0.15, 0.2) is 16.7 Å². The van der Waals surface area contributed by atoms with E-state index in [-0.39, 0.29) is 0 Å². The van der Waals surface area contributed by atoms with Crippen molar-refractivity contribution in [2.75, 3.05) is 14.2 Å². The summed E-state index contributed by atoms with van der Waals surface area (Å²) in [5.41, 5.74) is 8.94. The van der Waals surface area contributed by atoms with Crippen LogP contribution in [-0.2, 0) is 12.4 Å². The predicted molar refractivity (Wildman–Crippen MR) is 127 cm³/mol. The molecule has 31 heavy (non-hydrogen) atoms. The van der Waals surface area contributed by atoms with Crippen LogP contribution in [-0.4, -0.2) is 25.6 Å². The number of methoxy groups -OCH3 is 2. The van der Waals surface area contributed by atoms with Gasteiger partial charge in [0.25, 0.3) is 0 Å². The molecule has 0 aliphatic rings. The van der Waals surface area contributed by atoms with Crippen LogP contribution in [0, 0.1) is 0 Å². The lowest BCUT2D eigenvalue weighted by Crippen LogP contribution is -2.06. The lowest BCUT2D eigenvalue weighted by molar-refractivity contribution is 0.284. The van der Waals surface area contributed by atoms with Crippen molar-refractivity contribution in [2.45, 2.75) is 12.4 Å². The third kappa shape index (κ3) is 7.08. The third-order valence-corrected chi connectivity index (χ3v) is 5.16. The van der Waals surface area contributed by atoms with E-state index in [0.717, 1.165) is 22.6 Å².